The molecule has 11 saturated carbocycles. The summed E-state index contributed by atoms with van der Waals surface area (Å²) in [6, 6.07) is 6.62. The molecule has 0 aromatic carbocycles. The Hall–Kier alpha value is -0.200. The van der Waals surface area contributed by atoms with Crippen LogP contribution in [0.15, 0.2) is 0 Å². The third-order valence-electron chi connectivity index (χ3n) is 22.0. The van der Waals surface area contributed by atoms with Gasteiger partial charge in [-0.15, -0.1) is 0 Å². The maximum atomic E-state index is 7.30. The third kappa shape index (κ3) is 3.72. The summed E-state index contributed by atoms with van der Waals surface area (Å²) in [5.41, 5.74) is 0. The summed E-state index contributed by atoms with van der Waals surface area (Å²) in [6.45, 7) is 2.67. The van der Waals surface area contributed by atoms with Gasteiger partial charge in [0, 0.05) is 61.4 Å². The summed E-state index contributed by atoms with van der Waals surface area (Å²) in [6.07, 6.45) is 28.6. The summed E-state index contributed by atoms with van der Waals surface area (Å²) in [5.74, 6) is 16.0. The fourth-order valence-corrected chi connectivity index (χ4v) is 21.9. The predicted octanol–water partition coefficient (Wildman–Crippen LogP) is 6.56. The molecule has 8 bridgehead atoms. The van der Waals surface area contributed by atoms with Gasteiger partial charge in [-0.3, -0.25) is 9.80 Å². The van der Waals surface area contributed by atoms with Crippen molar-refractivity contribution in [2.24, 2.45) is 94.7 Å². The van der Waals surface area contributed by atoms with Gasteiger partial charge in [0.15, 0.2) is 0 Å². The molecule has 278 valence electrons. The van der Waals surface area contributed by atoms with E-state index < -0.39 is 0 Å². The van der Waals surface area contributed by atoms with Crippen molar-refractivity contribution in [2.75, 3.05) is 13.1 Å². The van der Waals surface area contributed by atoms with Crippen molar-refractivity contribution in [1.82, 2.24) is 20.4 Å². The van der Waals surface area contributed by atoms with Gasteiger partial charge in [-0.25, -0.2) is 0 Å². The number of rotatable bonds is 0. The number of hydrogen-bond acceptors (Lipinski definition) is 5. The normalized spacial score (nSPS) is 68.0. The van der Waals surface area contributed by atoms with Crippen LogP contribution in [-0.4, -0.2) is 83.4 Å². The van der Waals surface area contributed by atoms with E-state index in [1.165, 1.54) is 58.0 Å². The average molecular weight is 693 g/mol. The number of hydrogen-bond donors (Lipinski definition) is 2. The van der Waals surface area contributed by atoms with Crippen LogP contribution in [-0.2, 0) is 4.74 Å². The zero-order chi connectivity index (χ0) is 32.4. The van der Waals surface area contributed by atoms with Crippen LogP contribution in [0.25, 0.3) is 0 Å². The number of morpholine rings is 1. The number of ether oxygens (including phenoxy) is 1. The molecule has 6 heterocycles. The SMILES string of the molecule is C1CCC2C(C1)OC1CCCC3C4C5C6C7C8CC9CC(CC(C9)C7NCC6N6C7CNC9C%10CC%11CC(C%10)CC(C%11)C9C7C(CC4N2C13)C56)C8. The van der Waals surface area contributed by atoms with Gasteiger partial charge in [-0.2, -0.15) is 0 Å². The molecule has 5 nitrogen and oxygen atoms in total. The van der Waals surface area contributed by atoms with Crippen LogP contribution in [0.4, 0.5) is 0 Å². The van der Waals surface area contributed by atoms with Crippen molar-refractivity contribution < 1.29 is 4.74 Å². The molecule has 0 aromatic heterocycles. The maximum absolute atomic E-state index is 7.30. The third-order valence-corrected chi connectivity index (χ3v) is 22.0. The van der Waals surface area contributed by atoms with E-state index >= 15 is 0 Å². The number of nitrogens with one attached hydrogen (secondary N) is 2. The molecule has 5 heteroatoms. The van der Waals surface area contributed by atoms with Gasteiger partial charge in [0.1, 0.15) is 0 Å². The molecule has 17 fully saturated rings. The Balaban J connectivity index is 0.898. The van der Waals surface area contributed by atoms with E-state index in [1.54, 1.807) is 70.6 Å². The van der Waals surface area contributed by atoms with E-state index in [1.807, 2.05) is 0 Å². The lowest BCUT2D eigenvalue weighted by Crippen LogP contribution is -2.65. The minimum absolute atomic E-state index is 0.548. The van der Waals surface area contributed by atoms with Crippen molar-refractivity contribution in [2.45, 2.75) is 176 Å². The molecule has 17 rings (SSSR count). The van der Waals surface area contributed by atoms with Gasteiger partial charge in [0.05, 0.1) is 12.2 Å². The highest BCUT2D eigenvalue weighted by atomic mass is 16.5. The highest BCUT2D eigenvalue weighted by Crippen LogP contribution is 2.71. The molecule has 11 aliphatic carbocycles. The van der Waals surface area contributed by atoms with E-state index in [2.05, 4.69) is 20.4 Å². The first-order valence-corrected chi connectivity index (χ1v) is 23.9. The van der Waals surface area contributed by atoms with Crippen LogP contribution in [0, 0.1) is 94.7 Å². The fourth-order valence-electron chi connectivity index (χ4n) is 21.9. The highest BCUT2D eigenvalue weighted by Gasteiger charge is 2.75. The Bertz CT molecular complexity index is 1440. The zero-order valence-corrected chi connectivity index (χ0v) is 31.5. The van der Waals surface area contributed by atoms with Crippen molar-refractivity contribution in [3.8, 4) is 0 Å². The quantitative estimate of drug-likeness (QED) is 0.301. The van der Waals surface area contributed by atoms with E-state index in [0.29, 0.717) is 12.2 Å². The lowest BCUT2D eigenvalue weighted by molar-refractivity contribution is -0.178. The van der Waals surface area contributed by atoms with Crippen LogP contribution >= 0.6 is 0 Å². The van der Waals surface area contributed by atoms with Crippen LogP contribution in [0.2, 0.25) is 0 Å². The van der Waals surface area contributed by atoms with Crippen LogP contribution in [0.1, 0.15) is 116 Å². The number of nitrogens with zero attached hydrogens (tertiary/aromatic N) is 2. The van der Waals surface area contributed by atoms with E-state index in [9.17, 15) is 0 Å². The van der Waals surface area contributed by atoms with Gasteiger partial charge in [-0.05, 0) is 191 Å². The number of fused-ring (bicyclic) bond motifs is 12. The first-order chi connectivity index (χ1) is 25.2. The van der Waals surface area contributed by atoms with Crippen molar-refractivity contribution in [3.05, 3.63) is 0 Å². The Morgan fingerprint density at radius 2 is 0.961 bits per heavy atom. The van der Waals surface area contributed by atoms with Crippen molar-refractivity contribution >= 4 is 0 Å². The standard InChI is InChI=1S/C46H68N4O/c1-2-6-35-31(5-1)49-32-18-30-40-33(19-47-43-27-14-21-8-22(15-27)11-25(10-21)37(40)43)50-34-20-48-44-28-16-23-9-24(17-28)13-26(12-23)38(44)41(34)42(46(30)50)39(32)29-4-3-7-36(51-35)45(29)49/h21-48H,1-20H2. The second kappa shape index (κ2) is 10.4. The number of piperidine rings is 2. The Morgan fingerprint density at radius 3 is 1.67 bits per heavy atom. The molecule has 22 atom stereocenters. The van der Waals surface area contributed by atoms with Gasteiger partial charge in [0.2, 0.25) is 0 Å². The van der Waals surface area contributed by atoms with Gasteiger partial charge >= 0.3 is 0 Å². The summed E-state index contributed by atoms with van der Waals surface area (Å²) >= 11 is 0. The smallest absolute Gasteiger partial charge is 0.0737 e. The lowest BCUT2D eigenvalue weighted by Gasteiger charge is -2.56. The lowest BCUT2D eigenvalue weighted by atomic mass is 9.52. The minimum Gasteiger partial charge on any atom is -0.372 e. The van der Waals surface area contributed by atoms with Gasteiger partial charge in [-0.1, -0.05) is 19.3 Å². The minimum atomic E-state index is 0.548. The fraction of sp³-hybridized carbons (Fsp3) is 1.00. The van der Waals surface area contributed by atoms with Crippen molar-refractivity contribution in [1.29, 1.82) is 0 Å². The molecule has 2 N–H and O–H groups in total. The average Bonchev–Trinajstić information content (AvgIpc) is 3.69. The molecule has 22 unspecified atom stereocenters. The largest absolute Gasteiger partial charge is 0.372 e. The van der Waals surface area contributed by atoms with Gasteiger partial charge < -0.3 is 15.4 Å². The monoisotopic (exact) mass is 693 g/mol. The highest BCUT2D eigenvalue weighted by molar-refractivity contribution is 5.28. The molecule has 6 aliphatic heterocycles. The summed E-state index contributed by atoms with van der Waals surface area (Å²) in [7, 11) is 0. The summed E-state index contributed by atoms with van der Waals surface area (Å²) in [4.78, 5) is 6.85. The topological polar surface area (TPSA) is 39.8 Å². The molecular formula is C46H68N4O. The van der Waals surface area contributed by atoms with Crippen LogP contribution in [0.3, 0.4) is 0 Å². The molecule has 0 radical (unpaired) electrons. The van der Waals surface area contributed by atoms with Gasteiger partial charge in [0.25, 0.3) is 0 Å². The first-order valence-electron chi connectivity index (χ1n) is 23.9. The van der Waals surface area contributed by atoms with E-state index in [-0.39, 0.29) is 0 Å². The van der Waals surface area contributed by atoms with Crippen LogP contribution < -0.4 is 10.6 Å². The molecule has 0 spiro atoms. The Morgan fingerprint density at radius 1 is 0.392 bits per heavy atom. The predicted molar refractivity (Wildman–Crippen MR) is 198 cm³/mol. The Kier molecular flexibility index (Phi) is 6.12. The Labute approximate surface area is 308 Å². The second-order valence-corrected chi connectivity index (χ2v) is 23.3. The second-order valence-electron chi connectivity index (χ2n) is 23.3. The molecular weight excluding hydrogens is 625 g/mol. The molecule has 51 heavy (non-hydrogen) atoms. The molecule has 17 aliphatic rings. The van der Waals surface area contributed by atoms with Crippen LogP contribution in [0.5, 0.6) is 0 Å². The molecule has 0 aromatic rings. The van der Waals surface area contributed by atoms with E-state index in [4.69, 9.17) is 4.74 Å². The first kappa shape index (κ1) is 30.0. The van der Waals surface area contributed by atoms with E-state index in [0.717, 1.165) is 143 Å². The summed E-state index contributed by atoms with van der Waals surface area (Å²) < 4.78 is 7.30. The van der Waals surface area contributed by atoms with Crippen molar-refractivity contribution in [3.63, 3.8) is 0 Å². The summed E-state index contributed by atoms with van der Waals surface area (Å²) in [5, 5.41) is 9.07. The zero-order valence-electron chi connectivity index (χ0n) is 31.5. The molecule has 0 amide bonds. The maximum Gasteiger partial charge on any atom is 0.0737 e. The molecule has 6 saturated heterocycles.